The van der Waals surface area contributed by atoms with Crippen LogP contribution in [0.2, 0.25) is 0 Å². The van der Waals surface area contributed by atoms with Gasteiger partial charge >= 0.3 is 0 Å². The number of amides is 1. The van der Waals surface area contributed by atoms with Crippen molar-refractivity contribution in [3.8, 4) is 0 Å². The Morgan fingerprint density at radius 2 is 2.12 bits per heavy atom. The Balaban J connectivity index is 2.03. The zero-order valence-corrected chi connectivity index (χ0v) is 10.1. The normalized spacial score (nSPS) is 16.1. The Morgan fingerprint density at radius 1 is 1.41 bits per heavy atom. The number of aryl methyl sites for hydroxylation is 1. The van der Waals surface area contributed by atoms with Crippen molar-refractivity contribution >= 4 is 11.6 Å². The molecule has 1 saturated carbocycles. The molecule has 0 atom stereocenters. The smallest absolute Gasteiger partial charge is 0.227 e. The largest absolute Gasteiger partial charge is 0.326 e. The molecule has 0 spiro atoms. The van der Waals surface area contributed by atoms with Crippen molar-refractivity contribution in [2.45, 2.75) is 39.0 Å². The molecule has 1 aliphatic rings. The van der Waals surface area contributed by atoms with E-state index in [4.69, 9.17) is 0 Å². The number of halogens is 1. The summed E-state index contributed by atoms with van der Waals surface area (Å²) >= 11 is 0. The number of benzene rings is 1. The molecule has 0 heterocycles. The summed E-state index contributed by atoms with van der Waals surface area (Å²) in [6.07, 6.45) is 4.84. The molecule has 1 fully saturated rings. The number of hydrogen-bond acceptors (Lipinski definition) is 1. The van der Waals surface area contributed by atoms with E-state index in [-0.39, 0.29) is 17.6 Å². The average molecular weight is 235 g/mol. The van der Waals surface area contributed by atoms with Crippen LogP contribution in [0.1, 0.15) is 38.2 Å². The minimum absolute atomic E-state index is 0.0335. The molecule has 0 saturated heterocycles. The monoisotopic (exact) mass is 235 g/mol. The predicted molar refractivity (Wildman–Crippen MR) is 66.4 cm³/mol. The maximum Gasteiger partial charge on any atom is 0.227 e. The summed E-state index contributed by atoms with van der Waals surface area (Å²) < 4.78 is 13.5. The fraction of sp³-hybridized carbons (Fsp3) is 0.500. The minimum atomic E-state index is -0.239. The van der Waals surface area contributed by atoms with Crippen molar-refractivity contribution in [2.75, 3.05) is 5.32 Å². The van der Waals surface area contributed by atoms with Crippen LogP contribution in [-0.2, 0) is 11.2 Å². The lowest BCUT2D eigenvalue weighted by atomic mass is 10.1. The second kappa shape index (κ2) is 5.30. The summed E-state index contributed by atoms with van der Waals surface area (Å²) in [5, 5.41) is 2.80. The van der Waals surface area contributed by atoms with Gasteiger partial charge in [-0.15, -0.1) is 0 Å². The third kappa shape index (κ3) is 2.84. The summed E-state index contributed by atoms with van der Waals surface area (Å²) in [4.78, 5) is 11.8. The lowest BCUT2D eigenvalue weighted by Gasteiger charge is -2.11. The van der Waals surface area contributed by atoms with E-state index in [1.54, 1.807) is 12.1 Å². The fourth-order valence-electron chi connectivity index (χ4n) is 2.34. The van der Waals surface area contributed by atoms with Crippen LogP contribution >= 0.6 is 0 Å². The Hall–Kier alpha value is -1.38. The van der Waals surface area contributed by atoms with Crippen LogP contribution in [0.25, 0.3) is 0 Å². The van der Waals surface area contributed by atoms with Crippen LogP contribution in [0.5, 0.6) is 0 Å². The third-order valence-electron chi connectivity index (χ3n) is 3.43. The van der Waals surface area contributed by atoms with Gasteiger partial charge < -0.3 is 5.32 Å². The van der Waals surface area contributed by atoms with Crippen molar-refractivity contribution in [1.29, 1.82) is 0 Å². The first kappa shape index (κ1) is 12.1. The second-order valence-corrected chi connectivity index (χ2v) is 4.63. The van der Waals surface area contributed by atoms with Gasteiger partial charge in [-0.3, -0.25) is 4.79 Å². The summed E-state index contributed by atoms with van der Waals surface area (Å²) in [5.41, 5.74) is 1.25. The fourth-order valence-corrected chi connectivity index (χ4v) is 2.34. The predicted octanol–water partition coefficient (Wildman–Crippen LogP) is 3.52. The van der Waals surface area contributed by atoms with Gasteiger partial charge in [0.25, 0.3) is 0 Å². The number of anilines is 1. The molecule has 0 aliphatic heterocycles. The van der Waals surface area contributed by atoms with Gasteiger partial charge in [-0.2, -0.15) is 0 Å². The van der Waals surface area contributed by atoms with Crippen molar-refractivity contribution < 1.29 is 9.18 Å². The molecule has 0 unspecified atom stereocenters. The lowest BCUT2D eigenvalue weighted by Crippen LogP contribution is -2.20. The molecular weight excluding hydrogens is 217 g/mol. The lowest BCUT2D eigenvalue weighted by molar-refractivity contribution is -0.119. The van der Waals surface area contributed by atoms with Crippen LogP contribution in [0.15, 0.2) is 18.2 Å². The van der Waals surface area contributed by atoms with Crippen LogP contribution < -0.4 is 5.32 Å². The van der Waals surface area contributed by atoms with Crippen molar-refractivity contribution in [2.24, 2.45) is 5.92 Å². The molecule has 1 aromatic carbocycles. The molecule has 92 valence electrons. The highest BCUT2D eigenvalue weighted by Crippen LogP contribution is 2.26. The summed E-state index contributed by atoms with van der Waals surface area (Å²) in [6, 6.07) is 4.92. The molecule has 2 rings (SSSR count). The highest BCUT2D eigenvalue weighted by Gasteiger charge is 2.22. The summed E-state index contributed by atoms with van der Waals surface area (Å²) in [5.74, 6) is -0.0909. The van der Waals surface area contributed by atoms with E-state index in [0.29, 0.717) is 17.7 Å². The molecule has 1 aliphatic carbocycles. The zero-order valence-electron chi connectivity index (χ0n) is 10.1. The van der Waals surface area contributed by atoms with Crippen molar-refractivity contribution in [3.05, 3.63) is 29.6 Å². The van der Waals surface area contributed by atoms with E-state index in [0.717, 1.165) is 25.7 Å². The Morgan fingerprint density at radius 3 is 2.71 bits per heavy atom. The minimum Gasteiger partial charge on any atom is -0.326 e. The first-order chi connectivity index (χ1) is 8.20. The second-order valence-electron chi connectivity index (χ2n) is 4.63. The van der Waals surface area contributed by atoms with Crippen molar-refractivity contribution in [1.82, 2.24) is 0 Å². The van der Waals surface area contributed by atoms with Gasteiger partial charge in [0.05, 0.1) is 0 Å². The van der Waals surface area contributed by atoms with Gasteiger partial charge in [-0.1, -0.05) is 25.8 Å². The van der Waals surface area contributed by atoms with Crippen molar-refractivity contribution in [3.63, 3.8) is 0 Å². The molecule has 0 aromatic heterocycles. The van der Waals surface area contributed by atoms with Crippen LogP contribution in [0, 0.1) is 11.7 Å². The summed E-state index contributed by atoms with van der Waals surface area (Å²) in [6.45, 7) is 1.91. The van der Waals surface area contributed by atoms with E-state index in [1.165, 1.54) is 6.07 Å². The van der Waals surface area contributed by atoms with Gasteiger partial charge in [0.2, 0.25) is 5.91 Å². The van der Waals surface area contributed by atoms with Gasteiger partial charge in [0.15, 0.2) is 0 Å². The first-order valence-electron chi connectivity index (χ1n) is 6.30. The quantitative estimate of drug-likeness (QED) is 0.853. The Bertz CT molecular complexity index is 411. The summed E-state index contributed by atoms with van der Waals surface area (Å²) in [7, 11) is 0. The number of carbonyl (C=O) groups is 1. The standard InChI is InChI=1S/C14H18FNO/c1-2-10-7-8-12(9-13(10)15)16-14(17)11-5-3-4-6-11/h7-9,11H,2-6H2,1H3,(H,16,17). The number of nitrogens with one attached hydrogen (secondary N) is 1. The number of rotatable bonds is 3. The topological polar surface area (TPSA) is 29.1 Å². The van der Waals surface area contributed by atoms with Crippen LogP contribution in [0.3, 0.4) is 0 Å². The van der Waals surface area contributed by atoms with Gasteiger partial charge in [-0.25, -0.2) is 4.39 Å². The molecule has 0 radical (unpaired) electrons. The van der Waals surface area contributed by atoms with E-state index < -0.39 is 0 Å². The molecule has 0 bridgehead atoms. The number of hydrogen-bond donors (Lipinski definition) is 1. The highest BCUT2D eigenvalue weighted by atomic mass is 19.1. The van der Waals surface area contributed by atoms with E-state index in [2.05, 4.69) is 5.32 Å². The Kier molecular flexibility index (Phi) is 3.77. The molecular formula is C14H18FNO. The molecule has 3 heteroatoms. The van der Waals surface area contributed by atoms with Crippen LogP contribution in [-0.4, -0.2) is 5.91 Å². The molecule has 1 N–H and O–H groups in total. The average Bonchev–Trinajstić information content (AvgIpc) is 2.82. The van der Waals surface area contributed by atoms with Gasteiger partial charge in [0.1, 0.15) is 5.82 Å². The maximum absolute atomic E-state index is 13.5. The van der Waals surface area contributed by atoms with Crippen LogP contribution in [0.4, 0.5) is 10.1 Å². The van der Waals surface area contributed by atoms with E-state index in [9.17, 15) is 9.18 Å². The molecule has 1 amide bonds. The zero-order chi connectivity index (χ0) is 12.3. The van der Waals surface area contributed by atoms with Gasteiger partial charge in [-0.05, 0) is 37.0 Å². The van der Waals surface area contributed by atoms with Gasteiger partial charge in [0, 0.05) is 11.6 Å². The SMILES string of the molecule is CCc1ccc(NC(=O)C2CCCC2)cc1F. The Labute approximate surface area is 101 Å². The molecule has 17 heavy (non-hydrogen) atoms. The van der Waals surface area contributed by atoms with E-state index in [1.807, 2.05) is 6.92 Å². The maximum atomic E-state index is 13.5. The first-order valence-corrected chi connectivity index (χ1v) is 6.30. The molecule has 2 nitrogen and oxygen atoms in total. The number of carbonyl (C=O) groups excluding carboxylic acids is 1. The van der Waals surface area contributed by atoms with E-state index >= 15 is 0 Å². The molecule has 1 aromatic rings. The highest BCUT2D eigenvalue weighted by molar-refractivity contribution is 5.92. The third-order valence-corrected chi connectivity index (χ3v) is 3.43.